The topological polar surface area (TPSA) is 138 Å². The first-order valence-electron chi connectivity index (χ1n) is 8.72. The summed E-state index contributed by atoms with van der Waals surface area (Å²) in [5.41, 5.74) is 1.11. The van der Waals surface area contributed by atoms with Gasteiger partial charge in [0.05, 0.1) is 19.1 Å². The van der Waals surface area contributed by atoms with Crippen molar-refractivity contribution in [1.82, 2.24) is 5.32 Å². The number of nitrogens with one attached hydrogen (secondary N) is 2. The van der Waals surface area contributed by atoms with E-state index in [4.69, 9.17) is 14.0 Å². The van der Waals surface area contributed by atoms with Crippen LogP contribution < -0.4 is 20.1 Å². The lowest BCUT2D eigenvalue weighted by Crippen LogP contribution is -2.18. The summed E-state index contributed by atoms with van der Waals surface area (Å²) in [6.07, 6.45) is 1.93. The van der Waals surface area contributed by atoms with Crippen molar-refractivity contribution in [2.24, 2.45) is 0 Å². The summed E-state index contributed by atoms with van der Waals surface area (Å²) in [6, 6.07) is 12.2. The van der Waals surface area contributed by atoms with Gasteiger partial charge in [-0.15, -0.1) is 0 Å². The highest BCUT2D eigenvalue weighted by molar-refractivity contribution is 7.85. The minimum Gasteiger partial charge on any atom is -0.493 e. The molecule has 3 N–H and O–H groups in total. The Labute approximate surface area is 174 Å². The standard InChI is InChI=1S/C20H21N3O6S/c1-28-18-8-3-14(11-19(18)29-2)9-10-22-13-15(12-21)20(24)23-16-4-6-17(7-5-16)30(25,26)27/h3-8,11,13,22H,9-10H2,1-2H3,(H,23,24)(H,25,26,27)/b15-13-. The van der Waals surface area contributed by atoms with Gasteiger partial charge in [0.15, 0.2) is 11.5 Å². The minimum atomic E-state index is -4.32. The van der Waals surface area contributed by atoms with Gasteiger partial charge in [-0.05, 0) is 48.4 Å². The number of benzene rings is 2. The zero-order valence-corrected chi connectivity index (χ0v) is 17.2. The van der Waals surface area contributed by atoms with Crippen LogP contribution in [0.3, 0.4) is 0 Å². The molecular weight excluding hydrogens is 410 g/mol. The highest BCUT2D eigenvalue weighted by atomic mass is 32.2. The molecule has 0 aliphatic carbocycles. The molecule has 158 valence electrons. The summed E-state index contributed by atoms with van der Waals surface area (Å²) in [6.45, 7) is 0.469. The van der Waals surface area contributed by atoms with Crippen molar-refractivity contribution in [3.05, 3.63) is 59.8 Å². The molecule has 0 atom stereocenters. The van der Waals surface area contributed by atoms with Crippen LogP contribution in [-0.2, 0) is 21.3 Å². The van der Waals surface area contributed by atoms with Crippen LogP contribution in [0.1, 0.15) is 5.56 Å². The SMILES string of the molecule is COc1ccc(CCN/C=C(/C#N)C(=O)Nc2ccc(S(=O)(=O)O)cc2)cc1OC. The van der Waals surface area contributed by atoms with Gasteiger partial charge in [0.25, 0.3) is 16.0 Å². The van der Waals surface area contributed by atoms with Gasteiger partial charge >= 0.3 is 0 Å². The Hall–Kier alpha value is -3.55. The third-order valence-corrected chi connectivity index (χ3v) is 4.90. The zero-order valence-electron chi connectivity index (χ0n) is 16.4. The number of hydrogen-bond acceptors (Lipinski definition) is 7. The fourth-order valence-corrected chi connectivity index (χ4v) is 2.96. The average Bonchev–Trinajstić information content (AvgIpc) is 2.73. The number of hydrogen-bond donors (Lipinski definition) is 3. The third kappa shape index (κ3) is 6.23. The smallest absolute Gasteiger partial charge is 0.294 e. The van der Waals surface area contributed by atoms with Crippen molar-refractivity contribution in [2.75, 3.05) is 26.1 Å². The number of methoxy groups -OCH3 is 2. The molecule has 10 heteroatoms. The molecule has 0 aliphatic rings. The lowest BCUT2D eigenvalue weighted by molar-refractivity contribution is -0.112. The Bertz CT molecular complexity index is 1070. The molecule has 0 aromatic heterocycles. The molecule has 0 heterocycles. The number of nitrogens with zero attached hydrogens (tertiary/aromatic N) is 1. The first kappa shape index (κ1) is 22.7. The lowest BCUT2D eigenvalue weighted by Gasteiger charge is -2.09. The van der Waals surface area contributed by atoms with Gasteiger partial charge < -0.3 is 20.1 Å². The summed E-state index contributed by atoms with van der Waals surface area (Å²) in [7, 11) is -1.21. The molecule has 30 heavy (non-hydrogen) atoms. The zero-order chi connectivity index (χ0) is 22.1. The predicted molar refractivity (Wildman–Crippen MR) is 110 cm³/mol. The Balaban J connectivity index is 1.94. The van der Waals surface area contributed by atoms with Gasteiger partial charge in [0.2, 0.25) is 0 Å². The molecule has 2 aromatic carbocycles. The van der Waals surface area contributed by atoms with Gasteiger partial charge in [-0.2, -0.15) is 13.7 Å². The van der Waals surface area contributed by atoms with Crippen LogP contribution >= 0.6 is 0 Å². The van der Waals surface area contributed by atoms with E-state index >= 15 is 0 Å². The van der Waals surface area contributed by atoms with Crippen molar-refractivity contribution in [3.8, 4) is 17.6 Å². The minimum absolute atomic E-state index is 0.152. The van der Waals surface area contributed by atoms with Gasteiger partial charge in [-0.3, -0.25) is 9.35 Å². The van der Waals surface area contributed by atoms with E-state index in [9.17, 15) is 18.5 Å². The maximum atomic E-state index is 12.2. The molecular formula is C20H21N3O6S. The van der Waals surface area contributed by atoms with E-state index in [0.717, 1.165) is 17.7 Å². The van der Waals surface area contributed by atoms with Crippen LogP contribution in [0.2, 0.25) is 0 Å². The second kappa shape index (κ2) is 10.3. The summed E-state index contributed by atoms with van der Waals surface area (Å²) in [5, 5.41) is 14.6. The number of rotatable bonds is 9. The van der Waals surface area contributed by atoms with E-state index in [0.29, 0.717) is 24.5 Å². The summed E-state index contributed by atoms with van der Waals surface area (Å²) >= 11 is 0. The van der Waals surface area contributed by atoms with Crippen LogP contribution in [0, 0.1) is 11.3 Å². The highest BCUT2D eigenvalue weighted by Crippen LogP contribution is 2.27. The molecule has 0 bridgehead atoms. The molecule has 0 aliphatic heterocycles. The maximum Gasteiger partial charge on any atom is 0.294 e. The lowest BCUT2D eigenvalue weighted by atomic mass is 10.1. The van der Waals surface area contributed by atoms with Crippen molar-refractivity contribution in [3.63, 3.8) is 0 Å². The molecule has 9 nitrogen and oxygen atoms in total. The highest BCUT2D eigenvalue weighted by Gasteiger charge is 2.12. The van der Waals surface area contributed by atoms with E-state index in [2.05, 4.69) is 10.6 Å². The second-order valence-electron chi connectivity index (χ2n) is 6.02. The Kier molecular flexibility index (Phi) is 7.80. The summed E-state index contributed by atoms with van der Waals surface area (Å²) in [4.78, 5) is 11.9. The van der Waals surface area contributed by atoms with Gasteiger partial charge in [0.1, 0.15) is 11.6 Å². The van der Waals surface area contributed by atoms with E-state index in [1.165, 1.54) is 18.3 Å². The number of amides is 1. The van der Waals surface area contributed by atoms with E-state index in [1.54, 1.807) is 26.4 Å². The number of anilines is 1. The predicted octanol–water partition coefficient (Wildman–Crippen LogP) is 2.13. The Morgan fingerprint density at radius 2 is 1.80 bits per heavy atom. The van der Waals surface area contributed by atoms with Crippen LogP contribution in [0.4, 0.5) is 5.69 Å². The van der Waals surface area contributed by atoms with Crippen LogP contribution in [-0.4, -0.2) is 39.6 Å². The monoisotopic (exact) mass is 431 g/mol. The number of ether oxygens (including phenoxy) is 2. The van der Waals surface area contributed by atoms with Crippen LogP contribution in [0.25, 0.3) is 0 Å². The maximum absolute atomic E-state index is 12.2. The fourth-order valence-electron chi connectivity index (χ4n) is 2.48. The van der Waals surface area contributed by atoms with E-state index in [1.807, 2.05) is 12.1 Å². The van der Waals surface area contributed by atoms with Gasteiger partial charge in [-0.1, -0.05) is 6.07 Å². The van der Waals surface area contributed by atoms with Crippen molar-refractivity contribution < 1.29 is 27.2 Å². The number of carbonyl (C=O) groups is 1. The summed E-state index contributed by atoms with van der Waals surface area (Å²) < 4.78 is 41.5. The quantitative estimate of drug-likeness (QED) is 0.238. The second-order valence-corrected chi connectivity index (χ2v) is 7.44. The van der Waals surface area contributed by atoms with Crippen LogP contribution in [0.5, 0.6) is 11.5 Å². The molecule has 0 unspecified atom stereocenters. The van der Waals surface area contributed by atoms with Crippen molar-refractivity contribution >= 4 is 21.7 Å². The Morgan fingerprint density at radius 3 is 2.37 bits per heavy atom. The van der Waals surface area contributed by atoms with E-state index < -0.39 is 16.0 Å². The van der Waals surface area contributed by atoms with Gasteiger partial charge in [0, 0.05) is 18.4 Å². The number of nitriles is 1. The fraction of sp³-hybridized carbons (Fsp3) is 0.200. The van der Waals surface area contributed by atoms with Gasteiger partial charge in [-0.25, -0.2) is 0 Å². The summed E-state index contributed by atoms with van der Waals surface area (Å²) in [5.74, 6) is 0.584. The normalized spacial score (nSPS) is 11.3. The molecule has 2 aromatic rings. The first-order chi connectivity index (χ1) is 14.3. The molecule has 1 amide bonds. The van der Waals surface area contributed by atoms with E-state index in [-0.39, 0.29) is 16.2 Å². The Morgan fingerprint density at radius 1 is 1.13 bits per heavy atom. The molecule has 0 saturated heterocycles. The molecule has 2 rings (SSSR count). The average molecular weight is 431 g/mol. The molecule has 0 spiro atoms. The number of carbonyl (C=O) groups excluding carboxylic acids is 1. The first-order valence-corrected chi connectivity index (χ1v) is 10.2. The molecule has 0 saturated carbocycles. The third-order valence-electron chi connectivity index (χ3n) is 4.03. The van der Waals surface area contributed by atoms with Crippen molar-refractivity contribution in [1.29, 1.82) is 5.26 Å². The largest absolute Gasteiger partial charge is 0.493 e. The molecule has 0 fully saturated rings. The van der Waals surface area contributed by atoms with Crippen LogP contribution in [0.15, 0.2) is 59.1 Å². The molecule has 0 radical (unpaired) electrons. The van der Waals surface area contributed by atoms with Crippen molar-refractivity contribution in [2.45, 2.75) is 11.3 Å².